The Morgan fingerprint density at radius 2 is 1.38 bits per heavy atom. The Bertz CT molecular complexity index is 559. The molecule has 0 saturated carbocycles. The highest BCUT2D eigenvalue weighted by molar-refractivity contribution is 6.00. The number of hydrogen-bond acceptors (Lipinski definition) is 2. The summed E-state index contributed by atoms with van der Waals surface area (Å²) in [5.41, 5.74) is 2.18. The van der Waals surface area contributed by atoms with Crippen LogP contribution in [0.15, 0.2) is 30.3 Å². The van der Waals surface area contributed by atoms with E-state index in [2.05, 4.69) is 13.0 Å². The standard InChI is InChI=1S/C24H36O2/c1-2-3-4-5-6-7-8-9-10-11-12-15-18-26-24-20-22(25)19-21-16-13-14-17-23(21)24/h13-14,16-17,20H,2-12,15,18-19H2,1H3. The van der Waals surface area contributed by atoms with Crippen molar-refractivity contribution in [2.45, 2.75) is 90.4 Å². The van der Waals surface area contributed by atoms with Gasteiger partial charge in [0.25, 0.3) is 0 Å². The first-order valence-electron chi connectivity index (χ1n) is 10.8. The first-order chi connectivity index (χ1) is 12.8. The summed E-state index contributed by atoms with van der Waals surface area (Å²) in [5.74, 6) is 0.910. The van der Waals surface area contributed by atoms with E-state index in [1.165, 1.54) is 70.6 Å². The molecule has 1 aliphatic rings. The van der Waals surface area contributed by atoms with Crippen molar-refractivity contribution in [2.75, 3.05) is 6.61 Å². The van der Waals surface area contributed by atoms with Crippen molar-refractivity contribution in [3.05, 3.63) is 41.5 Å². The molecule has 26 heavy (non-hydrogen) atoms. The number of unbranched alkanes of at least 4 members (excludes halogenated alkanes) is 11. The third kappa shape index (κ3) is 7.76. The molecule has 0 fully saturated rings. The van der Waals surface area contributed by atoms with Crippen LogP contribution < -0.4 is 0 Å². The summed E-state index contributed by atoms with van der Waals surface area (Å²) >= 11 is 0. The van der Waals surface area contributed by atoms with E-state index in [4.69, 9.17) is 4.74 Å². The summed E-state index contributed by atoms with van der Waals surface area (Å²) in [5, 5.41) is 0. The molecule has 0 spiro atoms. The second-order valence-electron chi connectivity index (χ2n) is 7.55. The van der Waals surface area contributed by atoms with Crippen molar-refractivity contribution in [1.29, 1.82) is 0 Å². The van der Waals surface area contributed by atoms with Crippen LogP contribution in [0.2, 0.25) is 0 Å². The van der Waals surface area contributed by atoms with Crippen molar-refractivity contribution in [2.24, 2.45) is 0 Å². The lowest BCUT2D eigenvalue weighted by atomic mass is 9.95. The Labute approximate surface area is 160 Å². The largest absolute Gasteiger partial charge is 0.493 e. The van der Waals surface area contributed by atoms with Gasteiger partial charge in [0, 0.05) is 18.1 Å². The van der Waals surface area contributed by atoms with Crippen LogP contribution in [0, 0.1) is 0 Å². The molecule has 2 rings (SSSR count). The molecule has 144 valence electrons. The molecule has 2 nitrogen and oxygen atoms in total. The number of carbonyl (C=O) groups excluding carboxylic acids is 1. The predicted octanol–water partition coefficient (Wildman–Crippen LogP) is 6.87. The molecule has 1 aromatic rings. The molecular weight excluding hydrogens is 320 g/mol. The first-order valence-corrected chi connectivity index (χ1v) is 10.8. The lowest BCUT2D eigenvalue weighted by molar-refractivity contribution is -0.114. The van der Waals surface area contributed by atoms with Crippen LogP contribution in [0.4, 0.5) is 0 Å². The van der Waals surface area contributed by atoms with Crippen LogP contribution in [0.5, 0.6) is 0 Å². The Morgan fingerprint density at radius 1 is 0.808 bits per heavy atom. The average Bonchev–Trinajstić information content (AvgIpc) is 2.65. The maximum Gasteiger partial charge on any atom is 0.163 e. The number of fused-ring (bicyclic) bond motifs is 1. The van der Waals surface area contributed by atoms with Crippen LogP contribution in [-0.2, 0) is 16.0 Å². The molecule has 1 aromatic carbocycles. The van der Waals surface area contributed by atoms with E-state index >= 15 is 0 Å². The van der Waals surface area contributed by atoms with Gasteiger partial charge in [-0.05, 0) is 12.0 Å². The number of ether oxygens (including phenoxy) is 1. The first kappa shape index (κ1) is 20.7. The molecule has 0 aromatic heterocycles. The second kappa shape index (κ2) is 12.7. The van der Waals surface area contributed by atoms with Gasteiger partial charge in [-0.2, -0.15) is 0 Å². The Morgan fingerprint density at radius 3 is 2.04 bits per heavy atom. The number of rotatable bonds is 14. The fourth-order valence-corrected chi connectivity index (χ4v) is 3.62. The van der Waals surface area contributed by atoms with Gasteiger partial charge in [-0.15, -0.1) is 0 Å². The zero-order chi connectivity index (χ0) is 18.5. The highest BCUT2D eigenvalue weighted by Gasteiger charge is 2.17. The van der Waals surface area contributed by atoms with Crippen LogP contribution in [0.3, 0.4) is 0 Å². The summed E-state index contributed by atoms with van der Waals surface area (Å²) < 4.78 is 5.91. The Hall–Kier alpha value is -1.57. The molecule has 0 heterocycles. The van der Waals surface area contributed by atoms with Crippen LogP contribution >= 0.6 is 0 Å². The van der Waals surface area contributed by atoms with Crippen LogP contribution in [0.1, 0.15) is 95.1 Å². The molecule has 2 heteroatoms. The molecule has 0 atom stereocenters. The monoisotopic (exact) mass is 356 g/mol. The fraction of sp³-hybridized carbons (Fsp3) is 0.625. The Kier molecular flexibility index (Phi) is 10.2. The number of carbonyl (C=O) groups is 1. The second-order valence-corrected chi connectivity index (χ2v) is 7.55. The van der Waals surface area contributed by atoms with E-state index in [-0.39, 0.29) is 5.78 Å². The van der Waals surface area contributed by atoms with Crippen molar-refractivity contribution >= 4 is 11.5 Å². The summed E-state index contributed by atoms with van der Waals surface area (Å²) in [6.45, 7) is 2.99. The third-order valence-electron chi connectivity index (χ3n) is 5.20. The van der Waals surface area contributed by atoms with Gasteiger partial charge in [0.15, 0.2) is 5.78 Å². The zero-order valence-corrected chi connectivity index (χ0v) is 16.6. The molecule has 0 amide bonds. The van der Waals surface area contributed by atoms with Gasteiger partial charge >= 0.3 is 0 Å². The van der Waals surface area contributed by atoms with E-state index in [1.54, 1.807) is 6.08 Å². The number of benzene rings is 1. The molecule has 0 bridgehead atoms. The Balaban J connectivity index is 1.48. The lowest BCUT2D eigenvalue weighted by Gasteiger charge is -2.17. The van der Waals surface area contributed by atoms with E-state index in [9.17, 15) is 4.79 Å². The number of hydrogen-bond donors (Lipinski definition) is 0. The van der Waals surface area contributed by atoms with Crippen LogP contribution in [0.25, 0.3) is 5.76 Å². The van der Waals surface area contributed by atoms with Crippen molar-refractivity contribution in [3.8, 4) is 0 Å². The van der Waals surface area contributed by atoms with E-state index in [0.29, 0.717) is 13.0 Å². The molecule has 0 saturated heterocycles. The van der Waals surface area contributed by atoms with E-state index in [0.717, 1.165) is 23.3 Å². The van der Waals surface area contributed by atoms with Crippen LogP contribution in [-0.4, -0.2) is 12.4 Å². The highest BCUT2D eigenvalue weighted by Crippen LogP contribution is 2.26. The van der Waals surface area contributed by atoms with Gasteiger partial charge < -0.3 is 4.74 Å². The summed E-state index contributed by atoms with van der Waals surface area (Å²) in [7, 11) is 0. The summed E-state index contributed by atoms with van der Waals surface area (Å²) in [4.78, 5) is 11.8. The minimum atomic E-state index is 0.147. The SMILES string of the molecule is CCCCCCCCCCCCCCOC1=CC(=O)Cc2ccccc21. The molecule has 1 aliphatic carbocycles. The highest BCUT2D eigenvalue weighted by atomic mass is 16.5. The van der Waals surface area contributed by atoms with Gasteiger partial charge in [-0.25, -0.2) is 0 Å². The zero-order valence-electron chi connectivity index (χ0n) is 16.6. The minimum Gasteiger partial charge on any atom is -0.493 e. The average molecular weight is 357 g/mol. The molecular formula is C24H36O2. The molecule has 0 unspecified atom stereocenters. The maximum atomic E-state index is 11.8. The molecule has 0 aliphatic heterocycles. The summed E-state index contributed by atoms with van der Waals surface area (Å²) in [6.07, 6.45) is 18.3. The number of allylic oxidation sites excluding steroid dienone is 1. The van der Waals surface area contributed by atoms with Gasteiger partial charge in [0.2, 0.25) is 0 Å². The summed E-state index contributed by atoms with van der Waals surface area (Å²) in [6, 6.07) is 8.07. The molecule has 0 N–H and O–H groups in total. The normalized spacial score (nSPS) is 13.4. The van der Waals surface area contributed by atoms with Gasteiger partial charge in [0.05, 0.1) is 6.61 Å². The minimum absolute atomic E-state index is 0.147. The maximum absolute atomic E-state index is 11.8. The smallest absolute Gasteiger partial charge is 0.163 e. The number of ketones is 1. The van der Waals surface area contributed by atoms with E-state index in [1.807, 2.05) is 18.2 Å². The topological polar surface area (TPSA) is 26.3 Å². The van der Waals surface area contributed by atoms with E-state index < -0.39 is 0 Å². The quantitative estimate of drug-likeness (QED) is 0.340. The fourth-order valence-electron chi connectivity index (χ4n) is 3.62. The van der Waals surface area contributed by atoms with Crippen molar-refractivity contribution in [3.63, 3.8) is 0 Å². The van der Waals surface area contributed by atoms with Crippen molar-refractivity contribution < 1.29 is 9.53 Å². The third-order valence-corrected chi connectivity index (χ3v) is 5.20. The van der Waals surface area contributed by atoms with Gasteiger partial charge in [-0.1, -0.05) is 102 Å². The van der Waals surface area contributed by atoms with Gasteiger partial charge in [-0.3, -0.25) is 4.79 Å². The lowest BCUT2D eigenvalue weighted by Crippen LogP contribution is -2.11. The van der Waals surface area contributed by atoms with Gasteiger partial charge in [0.1, 0.15) is 5.76 Å². The predicted molar refractivity (Wildman–Crippen MR) is 110 cm³/mol. The molecule has 0 radical (unpaired) electrons. The van der Waals surface area contributed by atoms with Crippen molar-refractivity contribution in [1.82, 2.24) is 0 Å².